The van der Waals surface area contributed by atoms with E-state index in [0.29, 0.717) is 24.5 Å². The summed E-state index contributed by atoms with van der Waals surface area (Å²) in [4.78, 5) is 23.4. The second-order valence-electron chi connectivity index (χ2n) is 6.48. The Kier molecular flexibility index (Phi) is 5.64. The van der Waals surface area contributed by atoms with Gasteiger partial charge in [-0.1, -0.05) is 32.4 Å². The molecule has 1 unspecified atom stereocenters. The van der Waals surface area contributed by atoms with Crippen LogP contribution in [0, 0.1) is 5.92 Å². The second kappa shape index (κ2) is 7.49. The lowest BCUT2D eigenvalue weighted by Gasteiger charge is -2.21. The number of carboxylic acid groups (broad SMARTS) is 1. The van der Waals surface area contributed by atoms with Gasteiger partial charge in [-0.2, -0.15) is 0 Å². The second-order valence-corrected chi connectivity index (χ2v) is 6.48. The predicted molar refractivity (Wildman–Crippen MR) is 87.5 cm³/mol. The van der Waals surface area contributed by atoms with E-state index in [1.807, 2.05) is 24.3 Å². The molecular formula is C18H25NO4. The average Bonchev–Trinajstić information content (AvgIpc) is 2.95. The molecule has 1 aromatic rings. The van der Waals surface area contributed by atoms with Gasteiger partial charge in [-0.25, -0.2) is 0 Å². The Hall–Kier alpha value is -2.04. The van der Waals surface area contributed by atoms with Crippen molar-refractivity contribution in [2.45, 2.75) is 58.1 Å². The molecule has 1 aliphatic rings. The first kappa shape index (κ1) is 17.3. The highest BCUT2D eigenvalue weighted by Crippen LogP contribution is 2.26. The SMILES string of the molecule is CC(Oc1cccc(C(C)C)c1)C(=O)N[C@@H]1CCC[C@@H]1C(=O)O. The van der Waals surface area contributed by atoms with Crippen LogP contribution in [0.15, 0.2) is 24.3 Å². The van der Waals surface area contributed by atoms with Crippen molar-refractivity contribution in [2.75, 3.05) is 0 Å². The Morgan fingerprint density at radius 1 is 1.26 bits per heavy atom. The van der Waals surface area contributed by atoms with Gasteiger partial charge in [0.05, 0.1) is 5.92 Å². The minimum absolute atomic E-state index is 0.266. The average molecular weight is 319 g/mol. The largest absolute Gasteiger partial charge is 0.481 e. The quantitative estimate of drug-likeness (QED) is 0.845. The van der Waals surface area contributed by atoms with Gasteiger partial charge in [0.25, 0.3) is 5.91 Å². The van der Waals surface area contributed by atoms with E-state index < -0.39 is 18.0 Å². The molecule has 0 bridgehead atoms. The molecule has 126 valence electrons. The van der Waals surface area contributed by atoms with Gasteiger partial charge in [-0.15, -0.1) is 0 Å². The molecule has 5 nitrogen and oxygen atoms in total. The first-order chi connectivity index (χ1) is 10.9. The van der Waals surface area contributed by atoms with Gasteiger partial charge >= 0.3 is 5.97 Å². The maximum Gasteiger partial charge on any atom is 0.308 e. The zero-order valence-electron chi connectivity index (χ0n) is 13.9. The van der Waals surface area contributed by atoms with E-state index in [1.165, 1.54) is 0 Å². The fourth-order valence-electron chi connectivity index (χ4n) is 2.93. The number of rotatable bonds is 6. The molecule has 2 N–H and O–H groups in total. The third-order valence-electron chi connectivity index (χ3n) is 4.37. The Morgan fingerprint density at radius 3 is 2.65 bits per heavy atom. The topological polar surface area (TPSA) is 75.6 Å². The Balaban J connectivity index is 1.95. The van der Waals surface area contributed by atoms with Crippen molar-refractivity contribution in [1.82, 2.24) is 5.32 Å². The molecule has 1 saturated carbocycles. The van der Waals surface area contributed by atoms with E-state index in [2.05, 4.69) is 19.2 Å². The smallest absolute Gasteiger partial charge is 0.308 e. The van der Waals surface area contributed by atoms with Crippen molar-refractivity contribution in [3.05, 3.63) is 29.8 Å². The first-order valence-electron chi connectivity index (χ1n) is 8.18. The van der Waals surface area contributed by atoms with Crippen LogP contribution >= 0.6 is 0 Å². The molecule has 3 atom stereocenters. The van der Waals surface area contributed by atoms with Crippen LogP contribution in [0.3, 0.4) is 0 Å². The zero-order valence-corrected chi connectivity index (χ0v) is 13.9. The Morgan fingerprint density at radius 2 is 2.00 bits per heavy atom. The van der Waals surface area contributed by atoms with E-state index in [4.69, 9.17) is 4.74 Å². The summed E-state index contributed by atoms with van der Waals surface area (Å²) < 4.78 is 5.71. The minimum atomic E-state index is -0.842. The molecule has 5 heteroatoms. The van der Waals surface area contributed by atoms with Crippen LogP contribution in [0.1, 0.15) is 51.5 Å². The third-order valence-corrected chi connectivity index (χ3v) is 4.37. The highest BCUT2D eigenvalue weighted by molar-refractivity contribution is 5.82. The van der Waals surface area contributed by atoms with E-state index in [-0.39, 0.29) is 11.9 Å². The molecule has 0 aliphatic heterocycles. The Bertz CT molecular complexity index is 570. The molecule has 23 heavy (non-hydrogen) atoms. The molecule has 1 fully saturated rings. The predicted octanol–water partition coefficient (Wildman–Crippen LogP) is 2.95. The van der Waals surface area contributed by atoms with E-state index in [9.17, 15) is 14.7 Å². The van der Waals surface area contributed by atoms with Crippen molar-refractivity contribution in [2.24, 2.45) is 5.92 Å². The monoisotopic (exact) mass is 319 g/mol. The van der Waals surface area contributed by atoms with Gasteiger partial charge in [-0.05, 0) is 43.4 Å². The van der Waals surface area contributed by atoms with Crippen LogP contribution in [-0.4, -0.2) is 29.1 Å². The molecule has 0 aromatic heterocycles. The molecular weight excluding hydrogens is 294 g/mol. The number of aliphatic carboxylic acids is 1. The molecule has 1 aliphatic carbocycles. The first-order valence-corrected chi connectivity index (χ1v) is 8.18. The summed E-state index contributed by atoms with van der Waals surface area (Å²) in [6.07, 6.45) is 1.49. The molecule has 1 amide bonds. The fraction of sp³-hybridized carbons (Fsp3) is 0.556. The Labute approximate surface area is 137 Å². The normalized spacial score (nSPS) is 21.9. The van der Waals surface area contributed by atoms with Crippen LogP contribution in [0.5, 0.6) is 5.75 Å². The highest BCUT2D eigenvalue weighted by atomic mass is 16.5. The van der Waals surface area contributed by atoms with Gasteiger partial charge in [0.1, 0.15) is 5.75 Å². The molecule has 2 rings (SSSR count). The summed E-state index contributed by atoms with van der Waals surface area (Å²) in [5, 5.41) is 12.0. The van der Waals surface area contributed by atoms with Crippen molar-refractivity contribution >= 4 is 11.9 Å². The van der Waals surface area contributed by atoms with Crippen molar-refractivity contribution in [1.29, 1.82) is 0 Å². The number of benzene rings is 1. The molecule has 0 spiro atoms. The summed E-state index contributed by atoms with van der Waals surface area (Å²) in [5.41, 5.74) is 1.15. The van der Waals surface area contributed by atoms with Crippen molar-refractivity contribution < 1.29 is 19.4 Å². The number of ether oxygens (including phenoxy) is 1. The third kappa shape index (κ3) is 4.47. The summed E-state index contributed by atoms with van der Waals surface area (Å²) in [7, 11) is 0. The minimum Gasteiger partial charge on any atom is -0.481 e. The van der Waals surface area contributed by atoms with E-state index in [0.717, 1.165) is 12.0 Å². The molecule has 0 heterocycles. The van der Waals surface area contributed by atoms with E-state index >= 15 is 0 Å². The lowest BCUT2D eigenvalue weighted by atomic mass is 10.0. The van der Waals surface area contributed by atoms with Crippen LogP contribution in [0.25, 0.3) is 0 Å². The van der Waals surface area contributed by atoms with Gasteiger partial charge in [-0.3, -0.25) is 9.59 Å². The number of carboxylic acids is 1. The molecule has 0 saturated heterocycles. The van der Waals surface area contributed by atoms with Crippen molar-refractivity contribution in [3.8, 4) is 5.75 Å². The van der Waals surface area contributed by atoms with Crippen LogP contribution < -0.4 is 10.1 Å². The van der Waals surface area contributed by atoms with Gasteiger partial charge in [0.2, 0.25) is 0 Å². The van der Waals surface area contributed by atoms with Crippen molar-refractivity contribution in [3.63, 3.8) is 0 Å². The molecule has 0 radical (unpaired) electrons. The highest BCUT2D eigenvalue weighted by Gasteiger charge is 2.34. The summed E-state index contributed by atoms with van der Waals surface area (Å²) in [6.45, 7) is 5.88. The lowest BCUT2D eigenvalue weighted by molar-refractivity contribution is -0.142. The summed E-state index contributed by atoms with van der Waals surface area (Å²) in [5.74, 6) is -0.558. The number of carbonyl (C=O) groups is 2. The maximum absolute atomic E-state index is 12.3. The maximum atomic E-state index is 12.3. The van der Waals surface area contributed by atoms with E-state index in [1.54, 1.807) is 6.92 Å². The number of nitrogens with one attached hydrogen (secondary N) is 1. The number of hydrogen-bond acceptors (Lipinski definition) is 3. The lowest BCUT2D eigenvalue weighted by Crippen LogP contribution is -2.45. The van der Waals surface area contributed by atoms with Crippen LogP contribution in [0.2, 0.25) is 0 Å². The van der Waals surface area contributed by atoms with Gasteiger partial charge in [0, 0.05) is 6.04 Å². The molecule has 1 aromatic carbocycles. The number of carbonyl (C=O) groups excluding carboxylic acids is 1. The van der Waals surface area contributed by atoms with Gasteiger partial charge in [0.15, 0.2) is 6.10 Å². The zero-order chi connectivity index (χ0) is 17.0. The fourth-order valence-corrected chi connectivity index (χ4v) is 2.93. The standard InChI is InChI=1S/C18H25NO4/c1-11(2)13-6-4-7-14(10-13)23-12(3)17(20)19-16-9-5-8-15(16)18(21)22/h4,6-7,10-12,15-16H,5,8-9H2,1-3H3,(H,19,20)(H,21,22)/t12?,15-,16+/m0/s1. The van der Waals surface area contributed by atoms with Gasteiger partial charge < -0.3 is 15.2 Å². The number of hydrogen-bond donors (Lipinski definition) is 2. The van der Waals surface area contributed by atoms with Crippen LogP contribution in [-0.2, 0) is 9.59 Å². The summed E-state index contributed by atoms with van der Waals surface area (Å²) in [6, 6.07) is 7.40. The summed E-state index contributed by atoms with van der Waals surface area (Å²) >= 11 is 0. The number of amides is 1. The van der Waals surface area contributed by atoms with Crippen LogP contribution in [0.4, 0.5) is 0 Å².